The molecule has 0 aliphatic heterocycles. The van der Waals surface area contributed by atoms with Gasteiger partial charge in [0.05, 0.1) is 6.07 Å². The number of imidazole rings is 1. The number of H-pyrrole nitrogens is 2. The number of rotatable bonds is 1. The first kappa shape index (κ1) is 9.48. The van der Waals surface area contributed by atoms with Gasteiger partial charge in [-0.3, -0.25) is 14.3 Å². The van der Waals surface area contributed by atoms with Crippen LogP contribution in [0.25, 0.3) is 11.2 Å². The predicted molar refractivity (Wildman–Crippen MR) is 51.6 cm³/mol. The Labute approximate surface area is 86.9 Å². The highest BCUT2D eigenvalue weighted by Gasteiger charge is 2.11. The van der Waals surface area contributed by atoms with Crippen molar-refractivity contribution in [3.05, 3.63) is 26.1 Å². The second-order valence-electron chi connectivity index (χ2n) is 2.73. The molecule has 0 bridgehead atoms. The lowest BCUT2D eigenvalue weighted by Gasteiger charge is -1.98. The SMILES string of the molecule is N#CCn1c(=O)[nH]c(=O)c2[nH]c(Cl)nc21. The molecule has 0 aliphatic carbocycles. The molecule has 0 spiro atoms. The van der Waals surface area contributed by atoms with E-state index in [4.69, 9.17) is 16.9 Å². The zero-order valence-corrected chi connectivity index (χ0v) is 8.00. The summed E-state index contributed by atoms with van der Waals surface area (Å²) in [6, 6.07) is 1.79. The van der Waals surface area contributed by atoms with Gasteiger partial charge < -0.3 is 4.98 Å². The van der Waals surface area contributed by atoms with Crippen molar-refractivity contribution in [3.63, 3.8) is 0 Å². The standard InChI is InChI=1S/C7H4ClN5O2/c8-6-10-3-4(11-6)13(2-1-9)7(15)12-5(3)14/h2H2,(H,10,11)(H,12,14,15). The first-order chi connectivity index (χ1) is 7.13. The number of nitrogens with one attached hydrogen (secondary N) is 2. The summed E-state index contributed by atoms with van der Waals surface area (Å²) in [4.78, 5) is 30.9. The molecule has 8 heteroatoms. The molecule has 0 unspecified atom stereocenters. The van der Waals surface area contributed by atoms with E-state index in [0.717, 1.165) is 4.57 Å². The molecular weight excluding hydrogens is 222 g/mol. The molecule has 0 aliphatic rings. The minimum Gasteiger partial charge on any atom is -0.323 e. The molecule has 7 nitrogen and oxygen atoms in total. The lowest BCUT2D eigenvalue weighted by atomic mass is 10.5. The summed E-state index contributed by atoms with van der Waals surface area (Å²) in [7, 11) is 0. The maximum atomic E-state index is 11.3. The molecule has 2 aromatic rings. The fourth-order valence-corrected chi connectivity index (χ4v) is 1.40. The van der Waals surface area contributed by atoms with E-state index in [0.29, 0.717) is 0 Å². The third kappa shape index (κ3) is 1.41. The topological polar surface area (TPSA) is 107 Å². The summed E-state index contributed by atoms with van der Waals surface area (Å²) in [5.74, 6) is 0. The third-order valence-corrected chi connectivity index (χ3v) is 2.01. The van der Waals surface area contributed by atoms with Gasteiger partial charge in [-0.1, -0.05) is 0 Å². The van der Waals surface area contributed by atoms with Gasteiger partial charge in [0.15, 0.2) is 11.2 Å². The molecule has 2 N–H and O–H groups in total. The van der Waals surface area contributed by atoms with Gasteiger partial charge in [0.1, 0.15) is 6.54 Å². The monoisotopic (exact) mass is 225 g/mol. The van der Waals surface area contributed by atoms with Gasteiger partial charge in [-0.25, -0.2) is 4.79 Å². The van der Waals surface area contributed by atoms with Crippen LogP contribution in [0.2, 0.25) is 5.28 Å². The minimum absolute atomic E-state index is 0.00668. The van der Waals surface area contributed by atoms with Gasteiger partial charge in [0.2, 0.25) is 5.28 Å². The smallest absolute Gasteiger partial charge is 0.323 e. The predicted octanol–water partition coefficient (Wildman–Crippen LogP) is -0.410. The Balaban J connectivity index is 2.97. The average molecular weight is 226 g/mol. The largest absolute Gasteiger partial charge is 0.331 e. The number of hydrogen-bond acceptors (Lipinski definition) is 4. The highest BCUT2D eigenvalue weighted by atomic mass is 35.5. The zero-order chi connectivity index (χ0) is 11.0. The summed E-state index contributed by atoms with van der Waals surface area (Å²) < 4.78 is 1.03. The first-order valence-corrected chi connectivity index (χ1v) is 4.26. The Bertz CT molecular complexity index is 673. The van der Waals surface area contributed by atoms with Gasteiger partial charge in [0, 0.05) is 0 Å². The second-order valence-corrected chi connectivity index (χ2v) is 3.09. The van der Waals surface area contributed by atoms with E-state index >= 15 is 0 Å². The molecule has 0 aromatic carbocycles. The fourth-order valence-electron chi connectivity index (χ4n) is 1.23. The number of halogens is 1. The quantitative estimate of drug-likeness (QED) is 0.643. The maximum absolute atomic E-state index is 11.3. The molecule has 0 atom stereocenters. The van der Waals surface area contributed by atoms with Gasteiger partial charge >= 0.3 is 5.69 Å². The molecule has 0 radical (unpaired) electrons. The molecule has 0 saturated carbocycles. The third-order valence-electron chi connectivity index (χ3n) is 1.83. The van der Waals surface area contributed by atoms with Crippen molar-refractivity contribution < 1.29 is 0 Å². The van der Waals surface area contributed by atoms with Gasteiger partial charge in [-0.15, -0.1) is 0 Å². The highest BCUT2D eigenvalue weighted by molar-refractivity contribution is 6.28. The lowest BCUT2D eigenvalue weighted by Crippen LogP contribution is -2.30. The molecule has 15 heavy (non-hydrogen) atoms. The van der Waals surface area contributed by atoms with Crippen LogP contribution >= 0.6 is 11.6 Å². The Kier molecular flexibility index (Phi) is 2.06. The van der Waals surface area contributed by atoms with E-state index < -0.39 is 11.2 Å². The zero-order valence-electron chi connectivity index (χ0n) is 7.24. The number of nitrogens with zero attached hydrogens (tertiary/aromatic N) is 3. The van der Waals surface area contributed by atoms with E-state index in [1.807, 2.05) is 0 Å². The van der Waals surface area contributed by atoms with Crippen LogP contribution in [-0.4, -0.2) is 19.5 Å². The molecule has 2 rings (SSSR count). The lowest BCUT2D eigenvalue weighted by molar-refractivity contribution is 0.773. The van der Waals surface area contributed by atoms with Crippen LogP contribution in [0.1, 0.15) is 0 Å². The Morgan fingerprint density at radius 3 is 2.87 bits per heavy atom. The van der Waals surface area contributed by atoms with Crippen LogP contribution in [0.4, 0.5) is 0 Å². The van der Waals surface area contributed by atoms with Crippen molar-refractivity contribution in [2.75, 3.05) is 0 Å². The van der Waals surface area contributed by atoms with E-state index in [2.05, 4.69) is 15.0 Å². The molecule has 2 heterocycles. The van der Waals surface area contributed by atoms with Crippen LogP contribution < -0.4 is 11.2 Å². The van der Waals surface area contributed by atoms with Crippen LogP contribution in [0.15, 0.2) is 9.59 Å². The molecule has 2 aromatic heterocycles. The molecule has 0 saturated heterocycles. The maximum Gasteiger partial charge on any atom is 0.331 e. The van der Waals surface area contributed by atoms with E-state index in [-0.39, 0.29) is 23.0 Å². The highest BCUT2D eigenvalue weighted by Crippen LogP contribution is 2.08. The van der Waals surface area contributed by atoms with Gasteiger partial charge in [0.25, 0.3) is 5.56 Å². The van der Waals surface area contributed by atoms with Crippen LogP contribution in [0.3, 0.4) is 0 Å². The number of aromatic nitrogens is 4. The number of fused-ring (bicyclic) bond motifs is 1. The van der Waals surface area contributed by atoms with E-state index in [1.54, 1.807) is 6.07 Å². The van der Waals surface area contributed by atoms with Crippen LogP contribution in [0, 0.1) is 11.3 Å². The summed E-state index contributed by atoms with van der Waals surface area (Å²) in [5.41, 5.74) is -1.13. The summed E-state index contributed by atoms with van der Waals surface area (Å²) in [6.07, 6.45) is 0. The van der Waals surface area contributed by atoms with Crippen molar-refractivity contribution in [2.45, 2.75) is 6.54 Å². The first-order valence-electron chi connectivity index (χ1n) is 3.89. The van der Waals surface area contributed by atoms with Crippen molar-refractivity contribution in [2.24, 2.45) is 0 Å². The number of hydrogen-bond donors (Lipinski definition) is 2. The van der Waals surface area contributed by atoms with Crippen LogP contribution in [-0.2, 0) is 6.54 Å². The molecule has 0 amide bonds. The minimum atomic E-state index is -0.683. The number of aromatic amines is 2. The average Bonchev–Trinajstić information content (AvgIpc) is 2.55. The Hall–Kier alpha value is -2.07. The molecule has 76 valence electrons. The van der Waals surface area contributed by atoms with Crippen molar-refractivity contribution >= 4 is 22.8 Å². The van der Waals surface area contributed by atoms with Crippen LogP contribution in [0.5, 0.6) is 0 Å². The molecule has 0 fully saturated rings. The van der Waals surface area contributed by atoms with Crippen molar-refractivity contribution in [1.82, 2.24) is 19.5 Å². The van der Waals surface area contributed by atoms with Gasteiger partial charge in [-0.2, -0.15) is 10.2 Å². The number of nitriles is 1. The molecular formula is C7H4ClN5O2. The summed E-state index contributed by atoms with van der Waals surface area (Å²) in [5, 5.41) is 8.50. The van der Waals surface area contributed by atoms with Crippen molar-refractivity contribution in [3.8, 4) is 6.07 Å². The normalized spacial score (nSPS) is 10.4. The second kappa shape index (κ2) is 3.25. The Morgan fingerprint density at radius 2 is 2.20 bits per heavy atom. The van der Waals surface area contributed by atoms with E-state index in [9.17, 15) is 9.59 Å². The summed E-state index contributed by atoms with van der Waals surface area (Å²) >= 11 is 5.56. The summed E-state index contributed by atoms with van der Waals surface area (Å²) in [6.45, 7) is -0.201. The van der Waals surface area contributed by atoms with Gasteiger partial charge in [-0.05, 0) is 11.6 Å². The Morgan fingerprint density at radius 1 is 1.47 bits per heavy atom. The van der Waals surface area contributed by atoms with E-state index in [1.165, 1.54) is 0 Å². The van der Waals surface area contributed by atoms with Crippen molar-refractivity contribution in [1.29, 1.82) is 5.26 Å². The fraction of sp³-hybridized carbons (Fsp3) is 0.143.